The highest BCUT2D eigenvalue weighted by Gasteiger charge is 2.19. The van der Waals surface area contributed by atoms with Crippen LogP contribution in [0.15, 0.2) is 78.9 Å². The van der Waals surface area contributed by atoms with Crippen molar-refractivity contribution in [1.82, 2.24) is 9.97 Å². The summed E-state index contributed by atoms with van der Waals surface area (Å²) in [7, 11) is 0. The molecule has 0 saturated heterocycles. The van der Waals surface area contributed by atoms with Crippen LogP contribution in [0, 0.1) is 10.1 Å². The summed E-state index contributed by atoms with van der Waals surface area (Å²) in [5.41, 5.74) is 2.40. The maximum Gasteiger partial charge on any atom is 0.271 e. The number of benzene rings is 3. The van der Waals surface area contributed by atoms with E-state index in [1.807, 2.05) is 12.1 Å². The fourth-order valence-electron chi connectivity index (χ4n) is 3.27. The highest BCUT2D eigenvalue weighted by atomic mass is 16.6. The van der Waals surface area contributed by atoms with Crippen molar-refractivity contribution in [2.45, 2.75) is 12.8 Å². The maximum absolute atomic E-state index is 12.8. The van der Waals surface area contributed by atoms with Crippen LogP contribution in [0.2, 0.25) is 0 Å². The summed E-state index contributed by atoms with van der Waals surface area (Å²) in [4.78, 5) is 45.2. The highest BCUT2D eigenvalue weighted by Crippen LogP contribution is 2.21. The number of ketones is 2. The molecule has 4 aromatic rings. The van der Waals surface area contributed by atoms with Crippen molar-refractivity contribution in [2.24, 2.45) is 0 Å². The molecular weight excluding hydrogens is 394 g/mol. The average molecular weight is 411 g/mol. The van der Waals surface area contributed by atoms with Crippen LogP contribution in [0.3, 0.4) is 0 Å². The summed E-state index contributed by atoms with van der Waals surface area (Å²) >= 11 is 0. The van der Waals surface area contributed by atoms with Gasteiger partial charge in [-0.15, -0.1) is 0 Å². The molecule has 1 aromatic heterocycles. The maximum atomic E-state index is 12.8. The number of carbonyl (C=O) groups is 2. The molecule has 0 aliphatic rings. The molecule has 0 atom stereocenters. The van der Waals surface area contributed by atoms with E-state index in [2.05, 4.69) is 9.97 Å². The van der Waals surface area contributed by atoms with Crippen molar-refractivity contribution in [3.05, 3.63) is 111 Å². The van der Waals surface area contributed by atoms with Gasteiger partial charge >= 0.3 is 0 Å². The van der Waals surface area contributed by atoms with E-state index in [1.165, 1.54) is 18.2 Å². The number of nitro benzene ring substituents is 1. The minimum Gasteiger partial charge on any atom is -0.294 e. The van der Waals surface area contributed by atoms with Crippen molar-refractivity contribution in [2.75, 3.05) is 0 Å². The van der Waals surface area contributed by atoms with Gasteiger partial charge in [0, 0.05) is 23.3 Å². The van der Waals surface area contributed by atoms with Crippen molar-refractivity contribution in [3.8, 4) is 0 Å². The summed E-state index contributed by atoms with van der Waals surface area (Å²) < 4.78 is 0. The molecule has 7 heteroatoms. The zero-order valence-corrected chi connectivity index (χ0v) is 16.4. The number of aromatic nitrogens is 2. The van der Waals surface area contributed by atoms with Gasteiger partial charge in [-0.1, -0.05) is 60.7 Å². The minimum atomic E-state index is -0.511. The quantitative estimate of drug-likeness (QED) is 0.254. The van der Waals surface area contributed by atoms with Crippen molar-refractivity contribution in [3.63, 3.8) is 0 Å². The summed E-state index contributed by atoms with van der Waals surface area (Å²) in [5.74, 6) is -0.322. The third-order valence-corrected chi connectivity index (χ3v) is 4.86. The number of carbonyl (C=O) groups excluding carboxylic acids is 2. The zero-order chi connectivity index (χ0) is 21.8. The predicted octanol–water partition coefficient (Wildman–Crippen LogP) is 4.39. The van der Waals surface area contributed by atoms with Crippen LogP contribution in [0.5, 0.6) is 0 Å². The first-order valence-corrected chi connectivity index (χ1v) is 9.62. The van der Waals surface area contributed by atoms with Gasteiger partial charge in [-0.05, 0) is 6.07 Å². The molecule has 152 valence electrons. The second kappa shape index (κ2) is 8.62. The molecule has 3 aromatic carbocycles. The first-order valence-electron chi connectivity index (χ1n) is 9.62. The standard InChI is InChI=1S/C24H17N3O4/c28-23(16-7-3-1-4-8-16)14-21-22(15-24(29)17-9-5-2-6-10-17)26-20-13-18(27(30)31)11-12-19(20)25-21/h1-13H,14-15H2. The van der Waals surface area contributed by atoms with Gasteiger partial charge in [-0.25, -0.2) is 9.97 Å². The molecule has 0 fully saturated rings. The summed E-state index contributed by atoms with van der Waals surface area (Å²) in [5, 5.41) is 11.1. The second-order valence-electron chi connectivity index (χ2n) is 6.98. The van der Waals surface area contributed by atoms with Gasteiger partial charge < -0.3 is 0 Å². The molecule has 7 nitrogen and oxygen atoms in total. The number of hydrogen-bond acceptors (Lipinski definition) is 6. The highest BCUT2D eigenvalue weighted by molar-refractivity contribution is 5.99. The number of nitrogens with zero attached hydrogens (tertiary/aromatic N) is 3. The Hall–Kier alpha value is -4.26. The van der Waals surface area contributed by atoms with E-state index >= 15 is 0 Å². The zero-order valence-electron chi connectivity index (χ0n) is 16.4. The van der Waals surface area contributed by atoms with Crippen molar-refractivity contribution in [1.29, 1.82) is 0 Å². The Bertz CT molecular complexity index is 1290. The predicted molar refractivity (Wildman–Crippen MR) is 115 cm³/mol. The Morgan fingerprint density at radius 2 is 1.19 bits per heavy atom. The van der Waals surface area contributed by atoms with E-state index < -0.39 is 4.92 Å². The van der Waals surface area contributed by atoms with E-state index in [-0.39, 0.29) is 30.1 Å². The Kier molecular flexibility index (Phi) is 5.57. The van der Waals surface area contributed by atoms with Crippen molar-refractivity contribution >= 4 is 28.3 Å². The molecular formula is C24H17N3O4. The molecule has 1 heterocycles. The monoisotopic (exact) mass is 411 g/mol. The molecule has 4 rings (SSSR count). The first-order chi connectivity index (χ1) is 15.0. The molecule has 0 spiro atoms. The Labute approximate surface area is 177 Å². The lowest BCUT2D eigenvalue weighted by molar-refractivity contribution is -0.384. The van der Waals surface area contributed by atoms with E-state index in [0.29, 0.717) is 33.5 Å². The van der Waals surface area contributed by atoms with Gasteiger partial charge in [0.2, 0.25) is 0 Å². The number of nitro groups is 1. The first kappa shape index (κ1) is 20.0. The Balaban J connectivity index is 1.75. The molecule has 0 aliphatic carbocycles. The van der Waals surface area contributed by atoms with Crippen LogP contribution in [0.4, 0.5) is 5.69 Å². The number of non-ortho nitro benzene ring substituents is 1. The van der Waals surface area contributed by atoms with Gasteiger partial charge in [0.05, 0.1) is 40.2 Å². The number of rotatable bonds is 7. The van der Waals surface area contributed by atoms with Gasteiger partial charge in [0.25, 0.3) is 5.69 Å². The summed E-state index contributed by atoms with van der Waals surface area (Å²) in [6.45, 7) is 0. The molecule has 0 saturated carbocycles. The SMILES string of the molecule is O=C(Cc1nc2ccc([N+](=O)[O-])cc2nc1CC(=O)c1ccccc1)c1ccccc1. The fraction of sp³-hybridized carbons (Fsp3) is 0.0833. The van der Waals surface area contributed by atoms with Gasteiger partial charge in [-0.2, -0.15) is 0 Å². The lowest BCUT2D eigenvalue weighted by Crippen LogP contribution is -2.13. The van der Waals surface area contributed by atoms with E-state index in [9.17, 15) is 19.7 Å². The lowest BCUT2D eigenvalue weighted by Gasteiger charge is -2.10. The van der Waals surface area contributed by atoms with E-state index in [4.69, 9.17) is 0 Å². The summed E-state index contributed by atoms with van der Waals surface area (Å²) in [6, 6.07) is 21.7. The van der Waals surface area contributed by atoms with Crippen LogP contribution in [-0.4, -0.2) is 26.5 Å². The summed E-state index contributed by atoms with van der Waals surface area (Å²) in [6.07, 6.45) is -0.0889. The van der Waals surface area contributed by atoms with Crippen LogP contribution >= 0.6 is 0 Å². The number of Topliss-reactive ketones (excluding diaryl/α,β-unsaturated/α-hetero) is 2. The molecule has 0 amide bonds. The van der Waals surface area contributed by atoms with Crippen LogP contribution < -0.4 is 0 Å². The fourth-order valence-corrected chi connectivity index (χ4v) is 3.27. The molecule has 0 unspecified atom stereocenters. The van der Waals surface area contributed by atoms with Gasteiger partial charge in [0.15, 0.2) is 11.6 Å². The van der Waals surface area contributed by atoms with E-state index in [0.717, 1.165) is 0 Å². The Morgan fingerprint density at radius 1 is 0.710 bits per heavy atom. The Morgan fingerprint density at radius 3 is 1.68 bits per heavy atom. The largest absolute Gasteiger partial charge is 0.294 e. The van der Waals surface area contributed by atoms with Gasteiger partial charge in [0.1, 0.15) is 0 Å². The van der Waals surface area contributed by atoms with Crippen LogP contribution in [0.1, 0.15) is 32.1 Å². The van der Waals surface area contributed by atoms with E-state index in [1.54, 1.807) is 48.5 Å². The lowest BCUT2D eigenvalue weighted by atomic mass is 10.0. The average Bonchev–Trinajstić information content (AvgIpc) is 2.80. The molecule has 0 aliphatic heterocycles. The topological polar surface area (TPSA) is 103 Å². The smallest absolute Gasteiger partial charge is 0.271 e. The molecule has 0 bridgehead atoms. The normalized spacial score (nSPS) is 10.7. The minimum absolute atomic E-state index is 0.0264. The molecule has 0 radical (unpaired) electrons. The molecule has 31 heavy (non-hydrogen) atoms. The number of fused-ring (bicyclic) bond motifs is 1. The molecule has 0 N–H and O–H groups in total. The second-order valence-corrected chi connectivity index (χ2v) is 6.98. The van der Waals surface area contributed by atoms with Crippen LogP contribution in [-0.2, 0) is 12.8 Å². The third kappa shape index (κ3) is 4.51. The van der Waals surface area contributed by atoms with Gasteiger partial charge in [-0.3, -0.25) is 19.7 Å². The number of hydrogen-bond donors (Lipinski definition) is 0. The van der Waals surface area contributed by atoms with Crippen LogP contribution in [0.25, 0.3) is 11.0 Å². The third-order valence-electron chi connectivity index (χ3n) is 4.86. The van der Waals surface area contributed by atoms with Crippen molar-refractivity contribution < 1.29 is 14.5 Å².